The molecule has 3 rings (SSSR count). The van der Waals surface area contributed by atoms with Gasteiger partial charge >= 0.3 is 0 Å². The van der Waals surface area contributed by atoms with E-state index < -0.39 is 0 Å². The van der Waals surface area contributed by atoms with Crippen molar-refractivity contribution in [2.75, 3.05) is 5.73 Å². The summed E-state index contributed by atoms with van der Waals surface area (Å²) in [4.78, 5) is 0. The lowest BCUT2D eigenvalue weighted by atomic mass is 10.3. The molecule has 0 saturated heterocycles. The third kappa shape index (κ3) is 1.44. The SMILES string of the molecule is CC(C)n1nc(N)c2cnn3cc(Br)cc3c21. The summed E-state index contributed by atoms with van der Waals surface area (Å²) in [5.41, 5.74) is 7.95. The number of aromatic nitrogens is 4. The summed E-state index contributed by atoms with van der Waals surface area (Å²) >= 11 is 3.46. The molecule has 0 aliphatic rings. The summed E-state index contributed by atoms with van der Waals surface area (Å²) < 4.78 is 4.76. The van der Waals surface area contributed by atoms with Crippen LogP contribution in [0.25, 0.3) is 16.4 Å². The molecule has 6 heteroatoms. The van der Waals surface area contributed by atoms with E-state index in [1.54, 1.807) is 6.20 Å². The maximum Gasteiger partial charge on any atom is 0.155 e. The number of anilines is 1. The molecule has 3 aromatic rings. The zero-order valence-corrected chi connectivity index (χ0v) is 11.1. The number of hydrogen-bond donors (Lipinski definition) is 1. The highest BCUT2D eigenvalue weighted by Crippen LogP contribution is 2.28. The minimum atomic E-state index is 0.259. The Morgan fingerprint density at radius 1 is 1.41 bits per heavy atom. The lowest BCUT2D eigenvalue weighted by Gasteiger charge is -2.07. The third-order valence-electron chi connectivity index (χ3n) is 2.79. The van der Waals surface area contributed by atoms with Crippen LogP contribution in [0.5, 0.6) is 0 Å². The third-order valence-corrected chi connectivity index (χ3v) is 3.22. The van der Waals surface area contributed by atoms with Gasteiger partial charge in [-0.25, -0.2) is 4.52 Å². The Labute approximate surface area is 106 Å². The molecule has 17 heavy (non-hydrogen) atoms. The minimum Gasteiger partial charge on any atom is -0.382 e. The molecule has 0 aromatic carbocycles. The van der Waals surface area contributed by atoms with Crippen molar-refractivity contribution < 1.29 is 0 Å². The van der Waals surface area contributed by atoms with Crippen LogP contribution in [0.1, 0.15) is 19.9 Å². The monoisotopic (exact) mass is 293 g/mol. The lowest BCUT2D eigenvalue weighted by Crippen LogP contribution is -2.04. The summed E-state index contributed by atoms with van der Waals surface area (Å²) in [6.45, 7) is 4.17. The fourth-order valence-electron chi connectivity index (χ4n) is 2.03. The van der Waals surface area contributed by atoms with E-state index in [2.05, 4.69) is 40.0 Å². The first-order chi connectivity index (χ1) is 8.08. The fourth-order valence-corrected chi connectivity index (χ4v) is 2.44. The molecule has 88 valence electrons. The Hall–Kier alpha value is -1.56. The molecule has 2 N–H and O–H groups in total. The number of nitrogen functional groups attached to an aromatic ring is 1. The fraction of sp³-hybridized carbons (Fsp3) is 0.273. The molecular formula is C11H12BrN5. The van der Waals surface area contributed by atoms with Crippen LogP contribution in [0.2, 0.25) is 0 Å². The van der Waals surface area contributed by atoms with Gasteiger partial charge in [0.15, 0.2) is 5.82 Å². The zero-order chi connectivity index (χ0) is 12.2. The van der Waals surface area contributed by atoms with Crippen LogP contribution < -0.4 is 5.73 Å². The lowest BCUT2D eigenvalue weighted by molar-refractivity contribution is 0.553. The van der Waals surface area contributed by atoms with Gasteiger partial charge in [-0.15, -0.1) is 0 Å². The molecule has 0 atom stereocenters. The average Bonchev–Trinajstić information content (AvgIpc) is 2.78. The van der Waals surface area contributed by atoms with E-state index in [9.17, 15) is 0 Å². The molecule has 0 radical (unpaired) electrons. The van der Waals surface area contributed by atoms with Gasteiger partial charge in [0.1, 0.15) is 0 Å². The predicted octanol–water partition coefficient (Wildman–Crippen LogP) is 2.61. The quantitative estimate of drug-likeness (QED) is 0.750. The average molecular weight is 294 g/mol. The highest BCUT2D eigenvalue weighted by atomic mass is 79.9. The standard InChI is InChI=1S/C11H12BrN5/c1-6(2)17-10-8(11(13)15-17)4-14-16-5-7(12)3-9(10)16/h3-6H,1-2H3,(H2,13,15). The highest BCUT2D eigenvalue weighted by Gasteiger charge is 2.15. The van der Waals surface area contributed by atoms with Crippen molar-refractivity contribution in [3.8, 4) is 0 Å². The molecule has 0 spiro atoms. The van der Waals surface area contributed by atoms with E-state index in [0.717, 1.165) is 20.9 Å². The molecular weight excluding hydrogens is 282 g/mol. The van der Waals surface area contributed by atoms with Crippen LogP contribution in [0.15, 0.2) is 22.9 Å². The van der Waals surface area contributed by atoms with E-state index in [1.807, 2.05) is 21.5 Å². The van der Waals surface area contributed by atoms with Crippen molar-refractivity contribution >= 4 is 38.2 Å². The van der Waals surface area contributed by atoms with Crippen molar-refractivity contribution in [1.82, 2.24) is 19.4 Å². The van der Waals surface area contributed by atoms with Crippen molar-refractivity contribution in [3.63, 3.8) is 0 Å². The number of rotatable bonds is 1. The Balaban J connectivity index is 2.54. The topological polar surface area (TPSA) is 61.1 Å². The molecule has 0 aliphatic heterocycles. The van der Waals surface area contributed by atoms with E-state index in [4.69, 9.17) is 5.73 Å². The predicted molar refractivity (Wildman–Crippen MR) is 71.0 cm³/mol. The number of hydrogen-bond acceptors (Lipinski definition) is 3. The van der Waals surface area contributed by atoms with E-state index >= 15 is 0 Å². The van der Waals surface area contributed by atoms with Crippen molar-refractivity contribution in [2.45, 2.75) is 19.9 Å². The first kappa shape index (κ1) is 10.6. The molecule has 0 bridgehead atoms. The van der Waals surface area contributed by atoms with E-state index in [-0.39, 0.29) is 6.04 Å². The van der Waals surface area contributed by atoms with Crippen LogP contribution in [-0.2, 0) is 0 Å². The van der Waals surface area contributed by atoms with Crippen LogP contribution in [0, 0.1) is 0 Å². The summed E-state index contributed by atoms with van der Waals surface area (Å²) in [5.74, 6) is 0.529. The molecule has 0 fully saturated rings. The van der Waals surface area contributed by atoms with Gasteiger partial charge in [-0.05, 0) is 35.8 Å². The minimum absolute atomic E-state index is 0.259. The van der Waals surface area contributed by atoms with Gasteiger partial charge < -0.3 is 5.73 Å². The second kappa shape index (κ2) is 3.46. The summed E-state index contributed by atoms with van der Waals surface area (Å²) in [5, 5.41) is 9.59. The van der Waals surface area contributed by atoms with Gasteiger partial charge in [-0.1, -0.05) is 0 Å². The normalized spacial score (nSPS) is 12.0. The Morgan fingerprint density at radius 2 is 2.18 bits per heavy atom. The summed E-state index contributed by atoms with van der Waals surface area (Å²) in [6, 6.07) is 2.28. The molecule has 0 aliphatic carbocycles. The molecule has 3 aromatic heterocycles. The van der Waals surface area contributed by atoms with Crippen molar-refractivity contribution in [2.24, 2.45) is 0 Å². The van der Waals surface area contributed by atoms with Crippen LogP contribution in [-0.4, -0.2) is 19.4 Å². The maximum atomic E-state index is 5.92. The van der Waals surface area contributed by atoms with Crippen LogP contribution in [0.3, 0.4) is 0 Å². The molecule has 0 unspecified atom stereocenters. The first-order valence-corrected chi connectivity index (χ1v) is 6.18. The number of fused-ring (bicyclic) bond motifs is 3. The smallest absolute Gasteiger partial charge is 0.155 e. The maximum absolute atomic E-state index is 5.92. The number of nitrogens with zero attached hydrogens (tertiary/aromatic N) is 4. The largest absolute Gasteiger partial charge is 0.382 e. The summed E-state index contributed by atoms with van der Waals surface area (Å²) in [6.07, 6.45) is 3.68. The zero-order valence-electron chi connectivity index (χ0n) is 9.55. The van der Waals surface area contributed by atoms with Crippen molar-refractivity contribution in [3.05, 3.63) is 22.9 Å². The second-order valence-electron chi connectivity index (χ2n) is 4.32. The van der Waals surface area contributed by atoms with E-state index in [1.165, 1.54) is 0 Å². The van der Waals surface area contributed by atoms with Gasteiger partial charge in [0, 0.05) is 16.7 Å². The van der Waals surface area contributed by atoms with Gasteiger partial charge in [0.05, 0.1) is 22.6 Å². The highest BCUT2D eigenvalue weighted by molar-refractivity contribution is 9.10. The van der Waals surface area contributed by atoms with Crippen molar-refractivity contribution in [1.29, 1.82) is 0 Å². The Morgan fingerprint density at radius 3 is 2.88 bits per heavy atom. The van der Waals surface area contributed by atoms with Crippen LogP contribution in [0.4, 0.5) is 5.82 Å². The Kier molecular flexibility index (Phi) is 2.16. The molecule has 0 amide bonds. The number of halogens is 1. The van der Waals surface area contributed by atoms with Gasteiger partial charge in [-0.2, -0.15) is 10.2 Å². The number of nitrogens with two attached hydrogens (primary N) is 1. The Bertz CT molecular complexity index is 709. The van der Waals surface area contributed by atoms with Gasteiger partial charge in [0.25, 0.3) is 0 Å². The second-order valence-corrected chi connectivity index (χ2v) is 5.23. The first-order valence-electron chi connectivity index (χ1n) is 5.38. The van der Waals surface area contributed by atoms with Crippen LogP contribution >= 0.6 is 15.9 Å². The van der Waals surface area contributed by atoms with Gasteiger partial charge in [-0.3, -0.25) is 4.68 Å². The van der Waals surface area contributed by atoms with E-state index in [0.29, 0.717) is 5.82 Å². The molecule has 5 nitrogen and oxygen atoms in total. The van der Waals surface area contributed by atoms with Gasteiger partial charge in [0.2, 0.25) is 0 Å². The molecule has 3 heterocycles. The molecule has 0 saturated carbocycles. The summed E-state index contributed by atoms with van der Waals surface area (Å²) in [7, 11) is 0.